The van der Waals surface area contributed by atoms with Gasteiger partial charge in [0.15, 0.2) is 0 Å². The number of imide groups is 1. The molecule has 1 spiro atoms. The molecule has 0 bridgehead atoms. The standard InChI is InChI=1S/C13H20N4O3/c18-10(6-9-2-4-14-7-9)17-5-1-3-13(8-17)11(19)15-12(20)16-13/h9,14H,1-8H2,(H2,15,16,19,20). The third-order valence-corrected chi connectivity index (χ3v) is 4.49. The van der Waals surface area contributed by atoms with Crippen LogP contribution in [0.3, 0.4) is 0 Å². The fourth-order valence-electron chi connectivity index (χ4n) is 3.35. The van der Waals surface area contributed by atoms with Crippen LogP contribution in [0.15, 0.2) is 0 Å². The van der Waals surface area contributed by atoms with Crippen LogP contribution in [0.25, 0.3) is 0 Å². The third kappa shape index (κ3) is 2.37. The van der Waals surface area contributed by atoms with Crippen LogP contribution in [0.2, 0.25) is 0 Å². The Hall–Kier alpha value is -1.63. The van der Waals surface area contributed by atoms with Crippen molar-refractivity contribution in [2.24, 2.45) is 5.92 Å². The Morgan fingerprint density at radius 1 is 1.40 bits per heavy atom. The quantitative estimate of drug-likeness (QED) is 0.577. The van der Waals surface area contributed by atoms with Gasteiger partial charge < -0.3 is 15.5 Å². The van der Waals surface area contributed by atoms with E-state index in [9.17, 15) is 14.4 Å². The highest BCUT2D eigenvalue weighted by Crippen LogP contribution is 2.25. The molecule has 20 heavy (non-hydrogen) atoms. The molecule has 4 amide bonds. The SMILES string of the molecule is O=C1NC(=O)C2(CCCN(C(=O)CC3CCNC3)C2)N1. The maximum atomic E-state index is 12.3. The monoisotopic (exact) mass is 280 g/mol. The molecule has 0 aromatic rings. The van der Waals surface area contributed by atoms with Crippen LogP contribution in [0.4, 0.5) is 4.79 Å². The van der Waals surface area contributed by atoms with Gasteiger partial charge in [0.2, 0.25) is 5.91 Å². The minimum Gasteiger partial charge on any atom is -0.340 e. The van der Waals surface area contributed by atoms with Gasteiger partial charge in [-0.2, -0.15) is 0 Å². The van der Waals surface area contributed by atoms with Crippen molar-refractivity contribution in [3.05, 3.63) is 0 Å². The van der Waals surface area contributed by atoms with E-state index in [-0.39, 0.29) is 11.8 Å². The molecule has 0 radical (unpaired) electrons. The van der Waals surface area contributed by atoms with Crippen LogP contribution in [0, 0.1) is 5.92 Å². The molecule has 3 saturated heterocycles. The predicted molar refractivity (Wildman–Crippen MR) is 70.8 cm³/mol. The van der Waals surface area contributed by atoms with Gasteiger partial charge in [-0.15, -0.1) is 0 Å². The Morgan fingerprint density at radius 3 is 2.90 bits per heavy atom. The number of amides is 4. The van der Waals surface area contributed by atoms with E-state index in [1.54, 1.807) is 4.90 Å². The fourth-order valence-corrected chi connectivity index (χ4v) is 3.35. The van der Waals surface area contributed by atoms with Gasteiger partial charge in [0.05, 0.1) is 6.54 Å². The number of carbonyl (C=O) groups is 3. The topological polar surface area (TPSA) is 90.5 Å². The van der Waals surface area contributed by atoms with Crippen LogP contribution in [-0.2, 0) is 9.59 Å². The van der Waals surface area contributed by atoms with Crippen molar-refractivity contribution in [3.63, 3.8) is 0 Å². The summed E-state index contributed by atoms with van der Waals surface area (Å²) in [7, 11) is 0. The first-order valence-corrected chi connectivity index (χ1v) is 7.21. The maximum absolute atomic E-state index is 12.3. The number of rotatable bonds is 2. The first-order chi connectivity index (χ1) is 9.59. The number of likely N-dealkylation sites (tertiary alicyclic amines) is 1. The number of nitrogens with one attached hydrogen (secondary N) is 3. The van der Waals surface area contributed by atoms with Gasteiger partial charge in [-0.1, -0.05) is 0 Å². The molecular formula is C13H20N4O3. The zero-order valence-electron chi connectivity index (χ0n) is 11.4. The minimum atomic E-state index is -0.904. The summed E-state index contributed by atoms with van der Waals surface area (Å²) in [5, 5.41) is 8.21. The number of hydrogen-bond donors (Lipinski definition) is 3. The van der Waals surface area contributed by atoms with Crippen LogP contribution < -0.4 is 16.0 Å². The van der Waals surface area contributed by atoms with Gasteiger partial charge in [-0.05, 0) is 38.3 Å². The molecule has 0 aromatic heterocycles. The van der Waals surface area contributed by atoms with Crippen molar-refractivity contribution in [2.75, 3.05) is 26.2 Å². The first kappa shape index (κ1) is 13.4. The van der Waals surface area contributed by atoms with Gasteiger partial charge >= 0.3 is 6.03 Å². The largest absolute Gasteiger partial charge is 0.340 e. The van der Waals surface area contributed by atoms with E-state index in [1.165, 1.54) is 0 Å². The van der Waals surface area contributed by atoms with Crippen molar-refractivity contribution in [1.29, 1.82) is 0 Å². The number of hydrogen-bond acceptors (Lipinski definition) is 4. The molecule has 2 atom stereocenters. The first-order valence-electron chi connectivity index (χ1n) is 7.21. The van der Waals surface area contributed by atoms with Crippen molar-refractivity contribution in [1.82, 2.24) is 20.9 Å². The summed E-state index contributed by atoms with van der Waals surface area (Å²) < 4.78 is 0. The minimum absolute atomic E-state index is 0.0896. The van der Waals surface area contributed by atoms with Crippen LogP contribution >= 0.6 is 0 Å². The highest BCUT2D eigenvalue weighted by atomic mass is 16.2. The molecule has 7 heteroatoms. The van der Waals surface area contributed by atoms with E-state index in [1.807, 2.05) is 0 Å². The number of piperidine rings is 1. The third-order valence-electron chi connectivity index (χ3n) is 4.49. The lowest BCUT2D eigenvalue weighted by Crippen LogP contribution is -2.59. The van der Waals surface area contributed by atoms with Crippen LogP contribution in [0.1, 0.15) is 25.7 Å². The molecular weight excluding hydrogens is 260 g/mol. The van der Waals surface area contributed by atoms with Gasteiger partial charge in [-0.25, -0.2) is 4.79 Å². The fraction of sp³-hybridized carbons (Fsp3) is 0.769. The second-order valence-electron chi connectivity index (χ2n) is 5.97. The lowest BCUT2D eigenvalue weighted by molar-refractivity contribution is -0.136. The highest BCUT2D eigenvalue weighted by Gasteiger charge is 2.49. The molecule has 3 N–H and O–H groups in total. The van der Waals surface area contributed by atoms with Crippen molar-refractivity contribution in [2.45, 2.75) is 31.2 Å². The van der Waals surface area contributed by atoms with Crippen molar-refractivity contribution < 1.29 is 14.4 Å². The number of carbonyl (C=O) groups excluding carboxylic acids is 3. The average molecular weight is 280 g/mol. The summed E-state index contributed by atoms with van der Waals surface area (Å²) in [6, 6.07) is -0.454. The molecule has 3 rings (SSSR count). The Morgan fingerprint density at radius 2 is 2.25 bits per heavy atom. The summed E-state index contributed by atoms with van der Waals surface area (Å²) in [6.07, 6.45) is 2.89. The lowest BCUT2D eigenvalue weighted by Gasteiger charge is -2.38. The molecule has 3 aliphatic rings. The van der Waals surface area contributed by atoms with E-state index in [4.69, 9.17) is 0 Å². The zero-order valence-corrected chi connectivity index (χ0v) is 11.4. The van der Waals surface area contributed by atoms with Gasteiger partial charge in [0.1, 0.15) is 5.54 Å². The Labute approximate surface area is 117 Å². The molecule has 0 aromatic carbocycles. The van der Waals surface area contributed by atoms with Crippen LogP contribution in [0.5, 0.6) is 0 Å². The Kier molecular flexibility index (Phi) is 3.37. The highest BCUT2D eigenvalue weighted by molar-refractivity contribution is 6.07. The summed E-state index contributed by atoms with van der Waals surface area (Å²) in [4.78, 5) is 37.3. The summed E-state index contributed by atoms with van der Waals surface area (Å²) in [5.74, 6) is 0.182. The second kappa shape index (κ2) is 5.05. The average Bonchev–Trinajstić information content (AvgIpc) is 2.99. The van der Waals surface area contributed by atoms with Crippen molar-refractivity contribution >= 4 is 17.8 Å². The molecule has 0 aliphatic carbocycles. The molecule has 2 unspecified atom stereocenters. The molecule has 3 heterocycles. The lowest BCUT2D eigenvalue weighted by atomic mass is 9.88. The number of nitrogens with zero attached hydrogens (tertiary/aromatic N) is 1. The summed E-state index contributed by atoms with van der Waals surface area (Å²) >= 11 is 0. The van der Waals surface area contributed by atoms with E-state index < -0.39 is 11.6 Å². The molecule has 0 saturated carbocycles. The normalized spacial score (nSPS) is 33.4. The molecule has 110 valence electrons. The van der Waals surface area contributed by atoms with E-state index in [0.29, 0.717) is 31.8 Å². The zero-order chi connectivity index (χ0) is 14.2. The predicted octanol–water partition coefficient (Wildman–Crippen LogP) is -0.813. The van der Waals surface area contributed by atoms with Crippen molar-refractivity contribution in [3.8, 4) is 0 Å². The number of urea groups is 1. The smallest absolute Gasteiger partial charge is 0.322 e. The molecule has 3 aliphatic heterocycles. The second-order valence-corrected chi connectivity index (χ2v) is 5.97. The Balaban J connectivity index is 1.64. The molecule has 3 fully saturated rings. The summed E-state index contributed by atoms with van der Waals surface area (Å²) in [5.41, 5.74) is -0.904. The maximum Gasteiger partial charge on any atom is 0.322 e. The van der Waals surface area contributed by atoms with E-state index >= 15 is 0 Å². The summed E-state index contributed by atoms with van der Waals surface area (Å²) in [6.45, 7) is 2.83. The van der Waals surface area contributed by atoms with Gasteiger partial charge in [0, 0.05) is 13.0 Å². The molecule has 7 nitrogen and oxygen atoms in total. The van der Waals surface area contributed by atoms with E-state index in [0.717, 1.165) is 25.9 Å². The van der Waals surface area contributed by atoms with Gasteiger partial charge in [0.25, 0.3) is 5.91 Å². The van der Waals surface area contributed by atoms with Gasteiger partial charge in [-0.3, -0.25) is 14.9 Å². The van der Waals surface area contributed by atoms with Crippen LogP contribution in [-0.4, -0.2) is 54.5 Å². The van der Waals surface area contributed by atoms with E-state index in [2.05, 4.69) is 16.0 Å². The Bertz CT molecular complexity index is 447.